The molecule has 0 aliphatic heterocycles. The van der Waals surface area contributed by atoms with Gasteiger partial charge in [0.1, 0.15) is 0 Å². The van der Waals surface area contributed by atoms with Crippen LogP contribution in [0.4, 0.5) is 4.39 Å². The fraction of sp³-hybridized carbons (Fsp3) is 0.400. The Hall–Kier alpha value is -0.120. The van der Waals surface area contributed by atoms with E-state index in [-0.39, 0.29) is 10.9 Å². The van der Waals surface area contributed by atoms with Crippen LogP contribution in [-0.4, -0.2) is 6.54 Å². The highest BCUT2D eigenvalue weighted by atomic mass is 79.9. The van der Waals surface area contributed by atoms with Crippen molar-refractivity contribution in [1.29, 1.82) is 0 Å². The Morgan fingerprint density at radius 1 is 1.57 bits per heavy atom. The first kappa shape index (κ1) is 12.0. The maximum absolute atomic E-state index is 13.4. The molecule has 78 valence electrons. The van der Waals surface area contributed by atoms with E-state index in [4.69, 9.17) is 17.3 Å². The van der Waals surface area contributed by atoms with E-state index in [2.05, 4.69) is 15.9 Å². The van der Waals surface area contributed by atoms with Crippen LogP contribution in [0.5, 0.6) is 0 Å². The molecule has 1 aromatic rings. The van der Waals surface area contributed by atoms with Gasteiger partial charge in [0.25, 0.3) is 0 Å². The van der Waals surface area contributed by atoms with E-state index in [1.165, 1.54) is 0 Å². The molecule has 0 aliphatic rings. The Morgan fingerprint density at radius 3 is 2.79 bits per heavy atom. The molecule has 0 heterocycles. The maximum Gasteiger partial charge on any atom is 0.156 e. The summed E-state index contributed by atoms with van der Waals surface area (Å²) in [5.41, 5.74) is 6.36. The summed E-state index contributed by atoms with van der Waals surface area (Å²) in [7, 11) is 0. The van der Waals surface area contributed by atoms with Crippen LogP contribution in [0.1, 0.15) is 24.8 Å². The van der Waals surface area contributed by atoms with Crippen molar-refractivity contribution in [1.82, 2.24) is 0 Å². The Balaban J connectivity index is 3.04. The molecule has 4 heteroatoms. The van der Waals surface area contributed by atoms with Crippen molar-refractivity contribution in [2.24, 2.45) is 5.73 Å². The minimum atomic E-state index is -0.395. The highest BCUT2D eigenvalue weighted by molar-refractivity contribution is 9.10. The fourth-order valence-corrected chi connectivity index (χ4v) is 2.34. The Bertz CT molecular complexity index is 330. The average Bonchev–Trinajstić information content (AvgIpc) is 2.15. The lowest BCUT2D eigenvalue weighted by Crippen LogP contribution is -2.05. The van der Waals surface area contributed by atoms with Crippen molar-refractivity contribution in [3.63, 3.8) is 0 Å². The molecule has 1 aromatic carbocycles. The van der Waals surface area contributed by atoms with Crippen LogP contribution in [0.3, 0.4) is 0 Å². The topological polar surface area (TPSA) is 26.0 Å². The Labute approximate surface area is 96.6 Å². The largest absolute Gasteiger partial charge is 0.330 e. The second-order valence-electron chi connectivity index (χ2n) is 3.24. The first-order valence-electron chi connectivity index (χ1n) is 4.41. The van der Waals surface area contributed by atoms with Crippen molar-refractivity contribution in [3.8, 4) is 0 Å². The zero-order chi connectivity index (χ0) is 10.7. The van der Waals surface area contributed by atoms with E-state index in [9.17, 15) is 4.39 Å². The molecular formula is C10H12BrClFN. The minimum Gasteiger partial charge on any atom is -0.330 e. The van der Waals surface area contributed by atoms with Gasteiger partial charge in [-0.05, 0) is 46.4 Å². The Morgan fingerprint density at radius 2 is 2.21 bits per heavy atom. The van der Waals surface area contributed by atoms with Crippen LogP contribution in [0.25, 0.3) is 0 Å². The second-order valence-corrected chi connectivity index (χ2v) is 4.44. The fourth-order valence-electron chi connectivity index (χ4n) is 1.33. The van der Waals surface area contributed by atoms with E-state index in [1.807, 2.05) is 13.0 Å². The first-order chi connectivity index (χ1) is 6.57. The number of nitrogens with two attached hydrogens (primary N) is 1. The number of hydrogen-bond donors (Lipinski definition) is 1. The molecule has 14 heavy (non-hydrogen) atoms. The van der Waals surface area contributed by atoms with E-state index in [0.717, 1.165) is 12.0 Å². The van der Waals surface area contributed by atoms with E-state index in [1.54, 1.807) is 6.07 Å². The standard InChI is InChI=1S/C10H12BrClFN/c1-6(4-5-14)7-2-3-8(12)10(13)9(7)11/h2-3,6H,4-5,14H2,1H3. The lowest BCUT2D eigenvalue weighted by molar-refractivity contribution is 0.609. The predicted molar refractivity (Wildman–Crippen MR) is 61.2 cm³/mol. The summed E-state index contributed by atoms with van der Waals surface area (Å²) in [6.45, 7) is 2.61. The number of rotatable bonds is 3. The number of hydrogen-bond acceptors (Lipinski definition) is 1. The van der Waals surface area contributed by atoms with Gasteiger partial charge in [0.05, 0.1) is 9.50 Å². The molecule has 1 rings (SSSR count). The van der Waals surface area contributed by atoms with E-state index >= 15 is 0 Å². The first-order valence-corrected chi connectivity index (χ1v) is 5.58. The highest BCUT2D eigenvalue weighted by Crippen LogP contribution is 2.32. The van der Waals surface area contributed by atoms with Gasteiger partial charge in [0, 0.05) is 0 Å². The van der Waals surface area contributed by atoms with Gasteiger partial charge in [-0.15, -0.1) is 0 Å². The molecule has 0 amide bonds. The van der Waals surface area contributed by atoms with Crippen molar-refractivity contribution < 1.29 is 4.39 Å². The van der Waals surface area contributed by atoms with Crippen LogP contribution in [-0.2, 0) is 0 Å². The maximum atomic E-state index is 13.4. The third-order valence-electron chi connectivity index (χ3n) is 2.20. The van der Waals surface area contributed by atoms with Gasteiger partial charge < -0.3 is 5.73 Å². The molecule has 0 fully saturated rings. The summed E-state index contributed by atoms with van der Waals surface area (Å²) in [4.78, 5) is 0. The molecule has 0 aromatic heterocycles. The summed E-state index contributed by atoms with van der Waals surface area (Å²) >= 11 is 8.84. The third kappa shape index (κ3) is 2.47. The zero-order valence-corrected chi connectivity index (χ0v) is 10.2. The van der Waals surface area contributed by atoms with Crippen LogP contribution in [0, 0.1) is 5.82 Å². The molecular weight excluding hydrogens is 268 g/mol. The monoisotopic (exact) mass is 279 g/mol. The van der Waals surface area contributed by atoms with Gasteiger partial charge in [-0.1, -0.05) is 24.6 Å². The lowest BCUT2D eigenvalue weighted by atomic mass is 9.98. The Kier molecular flexibility index (Phi) is 4.35. The molecule has 2 N–H and O–H groups in total. The van der Waals surface area contributed by atoms with Crippen molar-refractivity contribution in [2.45, 2.75) is 19.3 Å². The van der Waals surface area contributed by atoms with Gasteiger partial charge in [0.2, 0.25) is 0 Å². The summed E-state index contributed by atoms with van der Waals surface area (Å²) in [5, 5.41) is 0.139. The quantitative estimate of drug-likeness (QED) is 0.840. The molecule has 0 spiro atoms. The van der Waals surface area contributed by atoms with Crippen LogP contribution < -0.4 is 5.73 Å². The number of benzene rings is 1. The van der Waals surface area contributed by atoms with Crippen molar-refractivity contribution >= 4 is 27.5 Å². The van der Waals surface area contributed by atoms with E-state index in [0.29, 0.717) is 11.0 Å². The van der Waals surface area contributed by atoms with Crippen molar-refractivity contribution in [2.75, 3.05) is 6.54 Å². The normalized spacial score (nSPS) is 12.9. The smallest absolute Gasteiger partial charge is 0.156 e. The third-order valence-corrected chi connectivity index (χ3v) is 3.29. The minimum absolute atomic E-state index is 0.139. The molecule has 0 radical (unpaired) electrons. The van der Waals surface area contributed by atoms with E-state index < -0.39 is 5.82 Å². The molecule has 1 unspecified atom stereocenters. The summed E-state index contributed by atoms with van der Waals surface area (Å²) in [6.07, 6.45) is 0.833. The number of halogens is 3. The average molecular weight is 281 g/mol. The molecule has 0 aliphatic carbocycles. The molecule has 0 saturated carbocycles. The summed E-state index contributed by atoms with van der Waals surface area (Å²) in [6, 6.07) is 3.40. The van der Waals surface area contributed by atoms with Gasteiger partial charge in [0.15, 0.2) is 5.82 Å². The second kappa shape index (κ2) is 5.10. The van der Waals surface area contributed by atoms with Crippen LogP contribution >= 0.6 is 27.5 Å². The van der Waals surface area contributed by atoms with Gasteiger partial charge in [-0.25, -0.2) is 4.39 Å². The predicted octanol–water partition coefficient (Wildman–Crippen LogP) is 3.69. The molecule has 0 saturated heterocycles. The summed E-state index contributed by atoms with van der Waals surface area (Å²) in [5.74, 6) is -0.158. The van der Waals surface area contributed by atoms with Gasteiger partial charge in [-0.2, -0.15) is 0 Å². The van der Waals surface area contributed by atoms with Gasteiger partial charge >= 0.3 is 0 Å². The van der Waals surface area contributed by atoms with Crippen molar-refractivity contribution in [3.05, 3.63) is 33.0 Å². The van der Waals surface area contributed by atoms with Crippen LogP contribution in [0.15, 0.2) is 16.6 Å². The van der Waals surface area contributed by atoms with Gasteiger partial charge in [-0.3, -0.25) is 0 Å². The lowest BCUT2D eigenvalue weighted by Gasteiger charge is -2.13. The molecule has 1 atom stereocenters. The highest BCUT2D eigenvalue weighted by Gasteiger charge is 2.14. The zero-order valence-electron chi connectivity index (χ0n) is 7.86. The van der Waals surface area contributed by atoms with Crippen LogP contribution in [0.2, 0.25) is 5.02 Å². The summed E-state index contributed by atoms with van der Waals surface area (Å²) < 4.78 is 13.8. The molecule has 0 bridgehead atoms. The molecule has 1 nitrogen and oxygen atoms in total. The SMILES string of the molecule is CC(CCN)c1ccc(Cl)c(F)c1Br.